The van der Waals surface area contributed by atoms with Crippen molar-refractivity contribution in [2.75, 3.05) is 25.3 Å². The standard InChI is InChI=1S/C13H19N3O6S/c1-7-4-10(16-22-7)15-11(9(5-17)23-3)12(18)14-8(6-21-2)13(19)20/h4-5,8-9,11H,6H2,1-3H3,(H,14,18)(H,15,16)(H,19,20). The molecular weight excluding hydrogens is 326 g/mol. The first-order valence-electron chi connectivity index (χ1n) is 6.63. The summed E-state index contributed by atoms with van der Waals surface area (Å²) in [4.78, 5) is 34.7. The Labute approximate surface area is 137 Å². The minimum atomic E-state index is -1.23. The van der Waals surface area contributed by atoms with Gasteiger partial charge in [-0.2, -0.15) is 11.8 Å². The van der Waals surface area contributed by atoms with Gasteiger partial charge in [-0.15, -0.1) is 0 Å². The molecule has 0 aliphatic rings. The summed E-state index contributed by atoms with van der Waals surface area (Å²) < 4.78 is 9.66. The van der Waals surface area contributed by atoms with Gasteiger partial charge in [-0.05, 0) is 13.2 Å². The number of methoxy groups -OCH3 is 1. The van der Waals surface area contributed by atoms with Crippen LogP contribution in [0, 0.1) is 6.92 Å². The molecule has 23 heavy (non-hydrogen) atoms. The summed E-state index contributed by atoms with van der Waals surface area (Å²) in [5.74, 6) is -1.08. The number of hydrogen-bond acceptors (Lipinski definition) is 8. The van der Waals surface area contributed by atoms with E-state index < -0.39 is 29.2 Å². The fourth-order valence-corrected chi connectivity index (χ4v) is 2.34. The van der Waals surface area contributed by atoms with Crippen molar-refractivity contribution in [1.82, 2.24) is 10.5 Å². The third kappa shape index (κ3) is 5.57. The first-order chi connectivity index (χ1) is 10.9. The molecule has 1 aromatic rings. The number of carboxylic acid groups (broad SMARTS) is 1. The average Bonchev–Trinajstić information content (AvgIpc) is 2.92. The van der Waals surface area contributed by atoms with Gasteiger partial charge in [0.15, 0.2) is 11.9 Å². The summed E-state index contributed by atoms with van der Waals surface area (Å²) in [6.45, 7) is 1.49. The highest BCUT2D eigenvalue weighted by molar-refractivity contribution is 7.99. The van der Waals surface area contributed by atoms with E-state index >= 15 is 0 Å². The van der Waals surface area contributed by atoms with Gasteiger partial charge in [0.25, 0.3) is 0 Å². The second-order valence-electron chi connectivity index (χ2n) is 4.64. The van der Waals surface area contributed by atoms with E-state index in [1.165, 1.54) is 7.11 Å². The molecule has 0 spiro atoms. The van der Waals surface area contributed by atoms with Crippen LogP contribution in [0.2, 0.25) is 0 Å². The van der Waals surface area contributed by atoms with E-state index in [0.717, 1.165) is 11.8 Å². The van der Waals surface area contributed by atoms with Crippen LogP contribution in [-0.4, -0.2) is 65.7 Å². The van der Waals surface area contributed by atoms with Crippen LogP contribution in [0.25, 0.3) is 0 Å². The van der Waals surface area contributed by atoms with Gasteiger partial charge < -0.3 is 29.8 Å². The molecule has 1 aromatic heterocycles. The van der Waals surface area contributed by atoms with Crippen molar-refractivity contribution in [2.45, 2.75) is 24.3 Å². The Balaban J connectivity index is 2.91. The van der Waals surface area contributed by atoms with Crippen molar-refractivity contribution in [2.24, 2.45) is 0 Å². The normalized spacial score (nSPS) is 14.6. The molecule has 0 aliphatic heterocycles. The minimum Gasteiger partial charge on any atom is -0.480 e. The second kappa shape index (κ2) is 9.16. The molecule has 0 saturated heterocycles. The molecule has 1 heterocycles. The number of ether oxygens (including phenoxy) is 1. The number of nitrogens with one attached hydrogen (secondary N) is 2. The predicted molar refractivity (Wildman–Crippen MR) is 83.5 cm³/mol. The molecule has 0 radical (unpaired) electrons. The van der Waals surface area contributed by atoms with E-state index in [4.69, 9.17) is 14.4 Å². The molecule has 1 rings (SSSR count). The van der Waals surface area contributed by atoms with E-state index in [1.54, 1.807) is 19.2 Å². The maximum atomic E-state index is 12.4. The third-order valence-electron chi connectivity index (χ3n) is 2.90. The Kier molecular flexibility index (Phi) is 7.55. The molecule has 1 amide bonds. The Morgan fingerprint density at radius 2 is 2.26 bits per heavy atom. The van der Waals surface area contributed by atoms with Crippen LogP contribution in [0.3, 0.4) is 0 Å². The highest BCUT2D eigenvalue weighted by Gasteiger charge is 2.31. The Morgan fingerprint density at radius 3 is 2.70 bits per heavy atom. The lowest BCUT2D eigenvalue weighted by molar-refractivity contribution is -0.143. The highest BCUT2D eigenvalue weighted by Crippen LogP contribution is 2.16. The average molecular weight is 345 g/mol. The summed E-state index contributed by atoms with van der Waals surface area (Å²) in [7, 11) is 1.33. The first-order valence-corrected chi connectivity index (χ1v) is 7.91. The lowest BCUT2D eigenvalue weighted by atomic mass is 10.1. The molecule has 0 aromatic carbocycles. The van der Waals surface area contributed by atoms with Gasteiger partial charge in [0.2, 0.25) is 5.91 Å². The van der Waals surface area contributed by atoms with Crippen molar-refractivity contribution in [1.29, 1.82) is 0 Å². The van der Waals surface area contributed by atoms with E-state index in [2.05, 4.69) is 15.8 Å². The number of amides is 1. The summed E-state index contributed by atoms with van der Waals surface area (Å²) >= 11 is 1.15. The highest BCUT2D eigenvalue weighted by atomic mass is 32.2. The number of aryl methyl sites for hydroxylation is 1. The molecule has 10 heteroatoms. The number of carbonyl (C=O) groups excluding carboxylic acids is 2. The molecule has 3 atom stereocenters. The molecule has 9 nitrogen and oxygen atoms in total. The van der Waals surface area contributed by atoms with Gasteiger partial charge in [-0.3, -0.25) is 4.79 Å². The van der Waals surface area contributed by atoms with Crippen molar-refractivity contribution in [3.8, 4) is 0 Å². The van der Waals surface area contributed by atoms with Gasteiger partial charge in [-0.25, -0.2) is 4.79 Å². The van der Waals surface area contributed by atoms with Crippen LogP contribution >= 0.6 is 11.8 Å². The lowest BCUT2D eigenvalue weighted by Crippen LogP contribution is -2.53. The number of nitrogens with zero attached hydrogens (tertiary/aromatic N) is 1. The van der Waals surface area contributed by atoms with Crippen LogP contribution in [0.5, 0.6) is 0 Å². The summed E-state index contributed by atoms with van der Waals surface area (Å²) in [5, 5.41) is 17.2. The Morgan fingerprint density at radius 1 is 1.57 bits per heavy atom. The van der Waals surface area contributed by atoms with Crippen molar-refractivity contribution >= 4 is 35.7 Å². The van der Waals surface area contributed by atoms with Gasteiger partial charge >= 0.3 is 5.97 Å². The fourth-order valence-electron chi connectivity index (χ4n) is 1.76. The minimum absolute atomic E-state index is 0.193. The number of carbonyl (C=O) groups is 3. The summed E-state index contributed by atoms with van der Waals surface area (Å²) in [6, 6.07) is -0.664. The Bertz CT molecular complexity index is 550. The number of carboxylic acids is 1. The monoisotopic (exact) mass is 345 g/mol. The van der Waals surface area contributed by atoms with Gasteiger partial charge in [-0.1, -0.05) is 5.16 Å². The van der Waals surface area contributed by atoms with Crippen molar-refractivity contribution < 1.29 is 28.8 Å². The number of anilines is 1. The maximum absolute atomic E-state index is 12.4. The summed E-state index contributed by atoms with van der Waals surface area (Å²) in [6.07, 6.45) is 2.28. The molecule has 128 valence electrons. The van der Waals surface area contributed by atoms with Crippen molar-refractivity contribution in [3.05, 3.63) is 11.8 Å². The quantitative estimate of drug-likeness (QED) is 0.498. The van der Waals surface area contributed by atoms with Crippen LogP contribution in [0.1, 0.15) is 5.76 Å². The second-order valence-corrected chi connectivity index (χ2v) is 5.65. The molecule has 0 saturated carbocycles. The molecule has 3 unspecified atom stereocenters. The largest absolute Gasteiger partial charge is 0.480 e. The van der Waals surface area contributed by atoms with E-state index in [-0.39, 0.29) is 12.4 Å². The van der Waals surface area contributed by atoms with E-state index in [9.17, 15) is 14.4 Å². The van der Waals surface area contributed by atoms with E-state index in [1.807, 2.05) is 0 Å². The maximum Gasteiger partial charge on any atom is 0.328 e. The number of aliphatic carboxylic acids is 1. The number of rotatable bonds is 10. The SMILES string of the molecule is COCC(NC(=O)C(Nc1cc(C)on1)C(C=O)SC)C(=O)O. The molecule has 3 N–H and O–H groups in total. The zero-order chi connectivity index (χ0) is 17.4. The molecule has 0 bridgehead atoms. The van der Waals surface area contributed by atoms with Gasteiger partial charge in [0, 0.05) is 13.2 Å². The van der Waals surface area contributed by atoms with Crippen LogP contribution in [0.15, 0.2) is 10.6 Å². The fraction of sp³-hybridized carbons (Fsp3) is 0.538. The predicted octanol–water partition coefficient (Wildman–Crippen LogP) is -0.0902. The van der Waals surface area contributed by atoms with Crippen LogP contribution < -0.4 is 10.6 Å². The number of hydrogen-bond donors (Lipinski definition) is 3. The number of aromatic nitrogens is 1. The topological polar surface area (TPSA) is 131 Å². The van der Waals surface area contributed by atoms with Crippen molar-refractivity contribution in [3.63, 3.8) is 0 Å². The molecule has 0 aliphatic carbocycles. The van der Waals surface area contributed by atoms with Crippen LogP contribution in [0.4, 0.5) is 5.82 Å². The smallest absolute Gasteiger partial charge is 0.328 e. The lowest BCUT2D eigenvalue weighted by Gasteiger charge is -2.23. The molecule has 0 fully saturated rings. The Hall–Kier alpha value is -2.07. The summed E-state index contributed by atoms with van der Waals surface area (Å²) in [5.41, 5.74) is 0. The number of thioether (sulfide) groups is 1. The zero-order valence-electron chi connectivity index (χ0n) is 12.9. The first kappa shape index (κ1) is 19.0. The van der Waals surface area contributed by atoms with E-state index in [0.29, 0.717) is 12.0 Å². The van der Waals surface area contributed by atoms with Gasteiger partial charge in [0.05, 0.1) is 11.9 Å². The number of aldehydes is 1. The zero-order valence-corrected chi connectivity index (χ0v) is 13.8. The third-order valence-corrected chi connectivity index (χ3v) is 3.82. The molecular formula is C13H19N3O6S. The van der Waals surface area contributed by atoms with Gasteiger partial charge in [0.1, 0.15) is 18.1 Å². The van der Waals surface area contributed by atoms with Crippen LogP contribution in [-0.2, 0) is 19.1 Å².